The summed E-state index contributed by atoms with van der Waals surface area (Å²) >= 11 is 9.05. The molecule has 1 aliphatic heterocycles. The number of rotatable bonds is 8. The van der Waals surface area contributed by atoms with Crippen LogP contribution in [-0.4, -0.2) is 41.3 Å². The Labute approximate surface area is 216 Å². The van der Waals surface area contributed by atoms with Crippen LogP contribution in [-0.2, 0) is 17.8 Å². The van der Waals surface area contributed by atoms with Crippen molar-refractivity contribution in [3.8, 4) is 5.75 Å². The number of benzene rings is 1. The standard InChI is InChI=1S/C26H23ClN2O4S2/c27-18-5-7-19(8-6-18)33-17-22-21-10-14-35-23(21)9-11-29(22)25(30)16-28(15-20-3-1-12-32-20)26(31)24-4-2-13-34-24/h1-8,10,12-14,22H,9,11,15-17H2/t22-/m0/s1. The van der Waals surface area contributed by atoms with Crippen molar-refractivity contribution in [2.45, 2.75) is 19.0 Å². The molecule has 2 amide bonds. The van der Waals surface area contributed by atoms with E-state index in [0.717, 1.165) is 12.0 Å². The van der Waals surface area contributed by atoms with E-state index >= 15 is 0 Å². The van der Waals surface area contributed by atoms with Gasteiger partial charge in [0.05, 0.1) is 23.7 Å². The van der Waals surface area contributed by atoms with Crippen LogP contribution in [0.15, 0.2) is 76.0 Å². The van der Waals surface area contributed by atoms with Crippen molar-refractivity contribution in [2.24, 2.45) is 0 Å². The first-order chi connectivity index (χ1) is 17.1. The Kier molecular flexibility index (Phi) is 7.22. The molecule has 4 heterocycles. The first-order valence-corrected chi connectivity index (χ1v) is 13.3. The molecule has 1 aliphatic rings. The van der Waals surface area contributed by atoms with Crippen molar-refractivity contribution in [3.63, 3.8) is 0 Å². The van der Waals surface area contributed by atoms with Crippen LogP contribution in [0.2, 0.25) is 5.02 Å². The van der Waals surface area contributed by atoms with E-state index in [2.05, 4.69) is 11.4 Å². The van der Waals surface area contributed by atoms with Gasteiger partial charge in [-0.05, 0) is 71.3 Å². The Bertz CT molecular complexity index is 1270. The van der Waals surface area contributed by atoms with E-state index in [4.69, 9.17) is 20.8 Å². The van der Waals surface area contributed by atoms with Crippen molar-refractivity contribution in [1.29, 1.82) is 0 Å². The second kappa shape index (κ2) is 10.7. The fourth-order valence-corrected chi connectivity index (χ4v) is 5.93. The Balaban J connectivity index is 1.35. The lowest BCUT2D eigenvalue weighted by molar-refractivity contribution is -0.135. The summed E-state index contributed by atoms with van der Waals surface area (Å²) < 4.78 is 11.5. The Morgan fingerprint density at radius 2 is 1.94 bits per heavy atom. The average molecular weight is 527 g/mol. The van der Waals surface area contributed by atoms with Crippen LogP contribution < -0.4 is 4.74 Å². The van der Waals surface area contributed by atoms with Crippen LogP contribution in [0, 0.1) is 0 Å². The van der Waals surface area contributed by atoms with Crippen molar-refractivity contribution in [2.75, 3.05) is 19.7 Å². The molecule has 4 aromatic rings. The normalized spacial score (nSPS) is 15.0. The van der Waals surface area contributed by atoms with Gasteiger partial charge < -0.3 is 19.0 Å². The summed E-state index contributed by atoms with van der Waals surface area (Å²) in [5.74, 6) is 1.01. The lowest BCUT2D eigenvalue weighted by atomic mass is 10.0. The highest BCUT2D eigenvalue weighted by Gasteiger charge is 2.34. The number of halogens is 1. The van der Waals surface area contributed by atoms with Gasteiger partial charge in [-0.15, -0.1) is 22.7 Å². The summed E-state index contributed by atoms with van der Waals surface area (Å²) in [6, 6.07) is 16.2. The monoisotopic (exact) mass is 526 g/mol. The smallest absolute Gasteiger partial charge is 0.264 e. The molecule has 0 saturated heterocycles. The van der Waals surface area contributed by atoms with Gasteiger partial charge >= 0.3 is 0 Å². The third-order valence-corrected chi connectivity index (χ3v) is 8.02. The molecule has 180 valence electrons. The number of amides is 2. The second-order valence-electron chi connectivity index (χ2n) is 8.13. The van der Waals surface area contributed by atoms with E-state index in [1.54, 1.807) is 52.8 Å². The van der Waals surface area contributed by atoms with Crippen molar-refractivity contribution < 1.29 is 18.7 Å². The fraction of sp³-hybridized carbons (Fsp3) is 0.231. The molecule has 0 radical (unpaired) electrons. The summed E-state index contributed by atoms with van der Waals surface area (Å²) in [4.78, 5) is 32.1. The number of ether oxygens (including phenoxy) is 1. The first-order valence-electron chi connectivity index (χ1n) is 11.2. The molecule has 9 heteroatoms. The summed E-state index contributed by atoms with van der Waals surface area (Å²) in [6.07, 6.45) is 2.35. The van der Waals surface area contributed by atoms with Gasteiger partial charge in [0.25, 0.3) is 5.91 Å². The Hall–Kier alpha value is -3.07. The van der Waals surface area contributed by atoms with Crippen LogP contribution in [0.5, 0.6) is 5.75 Å². The van der Waals surface area contributed by atoms with Gasteiger partial charge in [0.2, 0.25) is 5.91 Å². The van der Waals surface area contributed by atoms with Crippen LogP contribution >= 0.6 is 34.3 Å². The topological polar surface area (TPSA) is 63.0 Å². The molecular formula is C26H23ClN2O4S2. The Morgan fingerprint density at radius 1 is 1.09 bits per heavy atom. The molecule has 1 atom stereocenters. The molecule has 0 bridgehead atoms. The Morgan fingerprint density at radius 3 is 2.69 bits per heavy atom. The summed E-state index contributed by atoms with van der Waals surface area (Å²) in [7, 11) is 0. The summed E-state index contributed by atoms with van der Waals surface area (Å²) in [6.45, 7) is 1.06. The van der Waals surface area contributed by atoms with Gasteiger partial charge in [-0.2, -0.15) is 0 Å². The van der Waals surface area contributed by atoms with E-state index in [1.165, 1.54) is 16.2 Å². The molecule has 1 aromatic carbocycles. The second-order valence-corrected chi connectivity index (χ2v) is 10.5. The third-order valence-electron chi connectivity index (χ3n) is 5.91. The van der Waals surface area contributed by atoms with Crippen molar-refractivity contribution in [1.82, 2.24) is 9.80 Å². The molecule has 0 aliphatic carbocycles. The zero-order chi connectivity index (χ0) is 24.2. The van der Waals surface area contributed by atoms with Gasteiger partial charge in [-0.1, -0.05) is 17.7 Å². The highest BCUT2D eigenvalue weighted by Crippen LogP contribution is 2.34. The maximum Gasteiger partial charge on any atom is 0.264 e. The van der Waals surface area contributed by atoms with Crippen molar-refractivity contribution in [3.05, 3.63) is 97.7 Å². The number of carbonyl (C=O) groups is 2. The zero-order valence-electron chi connectivity index (χ0n) is 18.8. The van der Waals surface area contributed by atoms with Gasteiger partial charge in [0.15, 0.2) is 0 Å². The average Bonchev–Trinajstić information content (AvgIpc) is 3.65. The maximum absolute atomic E-state index is 13.6. The SMILES string of the molecule is O=C(c1cccs1)N(CC(=O)N1CCc2sccc2[C@@H]1COc1ccc(Cl)cc1)Cc1ccco1. The highest BCUT2D eigenvalue weighted by molar-refractivity contribution is 7.12. The highest BCUT2D eigenvalue weighted by atomic mass is 35.5. The summed E-state index contributed by atoms with van der Waals surface area (Å²) in [5.41, 5.74) is 1.10. The largest absolute Gasteiger partial charge is 0.491 e. The number of nitrogens with zero attached hydrogens (tertiary/aromatic N) is 2. The molecule has 0 N–H and O–H groups in total. The predicted molar refractivity (Wildman–Crippen MR) is 137 cm³/mol. The molecule has 0 spiro atoms. The van der Waals surface area contributed by atoms with E-state index in [0.29, 0.717) is 34.6 Å². The van der Waals surface area contributed by atoms with Gasteiger partial charge in [-0.25, -0.2) is 0 Å². The van der Waals surface area contributed by atoms with Gasteiger partial charge in [0, 0.05) is 16.4 Å². The quantitative estimate of drug-likeness (QED) is 0.286. The number of thiophene rings is 2. The molecule has 35 heavy (non-hydrogen) atoms. The molecule has 0 unspecified atom stereocenters. The van der Waals surface area contributed by atoms with E-state index in [9.17, 15) is 9.59 Å². The number of carbonyl (C=O) groups excluding carboxylic acids is 2. The molecule has 6 nitrogen and oxygen atoms in total. The van der Waals surface area contributed by atoms with Crippen LogP contribution in [0.3, 0.4) is 0 Å². The van der Waals surface area contributed by atoms with Gasteiger partial charge in [-0.3, -0.25) is 9.59 Å². The minimum atomic E-state index is -0.240. The van der Waals surface area contributed by atoms with Crippen LogP contribution in [0.25, 0.3) is 0 Å². The maximum atomic E-state index is 13.6. The third kappa shape index (κ3) is 5.45. The van der Waals surface area contributed by atoms with Crippen LogP contribution in [0.4, 0.5) is 0 Å². The minimum absolute atomic E-state index is 0.0473. The number of hydrogen-bond acceptors (Lipinski definition) is 6. The number of hydrogen-bond donors (Lipinski definition) is 0. The lowest BCUT2D eigenvalue weighted by Gasteiger charge is -2.37. The van der Waals surface area contributed by atoms with E-state index in [-0.39, 0.29) is 30.9 Å². The molecule has 0 saturated carbocycles. The predicted octanol–water partition coefficient (Wildman–Crippen LogP) is 5.90. The number of fused-ring (bicyclic) bond motifs is 1. The van der Waals surface area contributed by atoms with E-state index < -0.39 is 0 Å². The first kappa shape index (κ1) is 23.7. The number of furan rings is 1. The molecule has 0 fully saturated rings. The van der Waals surface area contributed by atoms with Crippen LogP contribution in [0.1, 0.15) is 31.9 Å². The molecule has 5 rings (SSSR count). The van der Waals surface area contributed by atoms with Gasteiger partial charge in [0.1, 0.15) is 24.7 Å². The lowest BCUT2D eigenvalue weighted by Crippen LogP contribution is -2.47. The summed E-state index contributed by atoms with van der Waals surface area (Å²) in [5, 5.41) is 4.55. The molecule has 3 aromatic heterocycles. The molecular weight excluding hydrogens is 504 g/mol. The van der Waals surface area contributed by atoms with E-state index in [1.807, 2.05) is 28.5 Å². The minimum Gasteiger partial charge on any atom is -0.491 e. The van der Waals surface area contributed by atoms with Crippen molar-refractivity contribution >= 4 is 46.1 Å². The zero-order valence-corrected chi connectivity index (χ0v) is 21.2. The fourth-order valence-electron chi connectivity index (χ4n) is 4.18.